The van der Waals surface area contributed by atoms with Gasteiger partial charge in [0.1, 0.15) is 11.8 Å². The summed E-state index contributed by atoms with van der Waals surface area (Å²) < 4.78 is 16.1. The molecule has 2 heterocycles. The smallest absolute Gasteiger partial charge is 0.410 e. The highest BCUT2D eigenvalue weighted by Gasteiger charge is 2.35. The van der Waals surface area contributed by atoms with E-state index in [-0.39, 0.29) is 25.3 Å². The van der Waals surface area contributed by atoms with Crippen molar-refractivity contribution in [3.05, 3.63) is 64.3 Å². The number of rotatable bonds is 10. The number of ether oxygens (including phenoxy) is 3. The number of aliphatic hydroxyl groups is 1. The molecule has 0 spiro atoms. The Morgan fingerprint density at radius 1 is 1.16 bits per heavy atom. The molecule has 3 N–H and O–H groups in total. The summed E-state index contributed by atoms with van der Waals surface area (Å²) in [4.78, 5) is 29.6. The van der Waals surface area contributed by atoms with Crippen molar-refractivity contribution in [3.63, 3.8) is 0 Å². The Bertz CT molecular complexity index is 1250. The molecule has 4 rings (SSSR count). The van der Waals surface area contributed by atoms with Crippen LogP contribution in [0.5, 0.6) is 5.75 Å². The number of nitrogens with zero attached hydrogens (tertiary/aromatic N) is 1. The fraction of sp³-hybridized carbons (Fsp3) is 0.429. The highest BCUT2D eigenvalue weighted by Crippen LogP contribution is 2.39. The van der Waals surface area contributed by atoms with Gasteiger partial charge in [-0.1, -0.05) is 30.7 Å². The molecular weight excluding hydrogens is 510 g/mol. The van der Waals surface area contributed by atoms with Crippen molar-refractivity contribution < 1.29 is 28.9 Å². The second kappa shape index (κ2) is 12.9. The molecule has 0 saturated carbocycles. The number of hydrogen-bond donors (Lipinski definition) is 3. The number of fused-ring (bicyclic) bond motifs is 3. The number of aliphatic hydroxyl groups excluding tert-OH is 1. The molecule has 2 aromatic carbocycles. The van der Waals surface area contributed by atoms with E-state index in [1.807, 2.05) is 49.4 Å². The predicted octanol–water partition coefficient (Wildman–Crippen LogP) is 5.19. The van der Waals surface area contributed by atoms with Gasteiger partial charge in [-0.05, 0) is 61.2 Å². The van der Waals surface area contributed by atoms with Crippen molar-refractivity contribution in [1.82, 2.24) is 15.2 Å². The Morgan fingerprint density at radius 2 is 1.95 bits per heavy atom. The van der Waals surface area contributed by atoms with Crippen LogP contribution in [0, 0.1) is 0 Å². The zero-order chi connectivity index (χ0) is 27.1. The van der Waals surface area contributed by atoms with Crippen molar-refractivity contribution in [2.45, 2.75) is 45.3 Å². The first-order valence-electron chi connectivity index (χ1n) is 13.0. The summed E-state index contributed by atoms with van der Waals surface area (Å²) >= 11 is 6.27. The van der Waals surface area contributed by atoms with Crippen LogP contribution < -0.4 is 10.1 Å². The van der Waals surface area contributed by atoms with Crippen molar-refractivity contribution in [2.24, 2.45) is 0 Å². The second-order valence-electron chi connectivity index (χ2n) is 9.13. The number of amides is 2. The molecule has 38 heavy (non-hydrogen) atoms. The average Bonchev–Trinajstić information content (AvgIpc) is 3.28. The Balaban J connectivity index is 1.44. The van der Waals surface area contributed by atoms with Gasteiger partial charge in [-0.25, -0.2) is 9.59 Å². The lowest BCUT2D eigenvalue weighted by molar-refractivity contribution is 0.0932. The fourth-order valence-electron chi connectivity index (χ4n) is 4.62. The molecule has 0 bridgehead atoms. The van der Waals surface area contributed by atoms with E-state index >= 15 is 0 Å². The second-order valence-corrected chi connectivity index (χ2v) is 9.57. The maximum atomic E-state index is 12.9. The maximum absolute atomic E-state index is 12.9. The summed E-state index contributed by atoms with van der Waals surface area (Å²) in [5, 5.41) is 14.4. The van der Waals surface area contributed by atoms with Crippen LogP contribution in [0.15, 0.2) is 42.5 Å². The lowest BCUT2D eigenvalue weighted by atomic mass is 9.92. The fourth-order valence-corrected chi connectivity index (χ4v) is 4.79. The number of carbonyl (C=O) groups excluding carboxylic acids is 2. The quantitative estimate of drug-likeness (QED) is 0.324. The van der Waals surface area contributed by atoms with E-state index in [0.29, 0.717) is 43.4 Å². The number of alkyl carbamates (subject to hydrolysis) is 1. The van der Waals surface area contributed by atoms with Crippen LogP contribution in [-0.4, -0.2) is 66.2 Å². The lowest BCUT2D eigenvalue weighted by Gasteiger charge is -2.35. The Hall–Kier alpha value is -3.43. The van der Waals surface area contributed by atoms with Crippen molar-refractivity contribution in [3.8, 4) is 5.75 Å². The van der Waals surface area contributed by atoms with Gasteiger partial charge < -0.3 is 29.6 Å². The number of benzene rings is 2. The van der Waals surface area contributed by atoms with Crippen molar-refractivity contribution in [1.29, 1.82) is 0 Å². The van der Waals surface area contributed by atoms with Gasteiger partial charge in [-0.3, -0.25) is 4.90 Å². The number of H-pyrrole nitrogens is 1. The summed E-state index contributed by atoms with van der Waals surface area (Å²) in [6.07, 6.45) is 0.125. The summed E-state index contributed by atoms with van der Waals surface area (Å²) in [6.45, 7) is 5.23. The number of aromatic nitrogens is 1. The van der Waals surface area contributed by atoms with Crippen molar-refractivity contribution in [2.75, 3.05) is 32.9 Å². The highest BCUT2D eigenvalue weighted by atomic mass is 35.5. The van der Waals surface area contributed by atoms with Gasteiger partial charge in [0, 0.05) is 41.1 Å². The van der Waals surface area contributed by atoms with E-state index in [1.54, 1.807) is 11.8 Å². The third-order valence-electron chi connectivity index (χ3n) is 6.43. The van der Waals surface area contributed by atoms with E-state index in [0.717, 1.165) is 34.1 Å². The van der Waals surface area contributed by atoms with E-state index in [9.17, 15) is 14.7 Å². The number of carbonyl (C=O) groups is 2. The average molecular weight is 544 g/mol. The largest absolute Gasteiger partial charge is 0.493 e. The zero-order valence-electron chi connectivity index (χ0n) is 21.7. The van der Waals surface area contributed by atoms with Crippen LogP contribution in [0.1, 0.15) is 49.6 Å². The topological polar surface area (TPSA) is 113 Å². The lowest BCUT2D eigenvalue weighted by Crippen LogP contribution is -2.40. The minimum Gasteiger partial charge on any atom is -0.493 e. The van der Waals surface area contributed by atoms with E-state index in [2.05, 4.69) is 10.3 Å². The molecule has 0 radical (unpaired) electrons. The first-order valence-corrected chi connectivity index (χ1v) is 13.3. The molecule has 0 fully saturated rings. The highest BCUT2D eigenvalue weighted by molar-refractivity contribution is 6.31. The molecule has 3 aromatic rings. The molecule has 1 aromatic heterocycles. The number of aromatic amines is 1. The summed E-state index contributed by atoms with van der Waals surface area (Å²) in [6, 6.07) is 13.0. The molecule has 0 saturated heterocycles. The monoisotopic (exact) mass is 543 g/mol. The molecule has 2 unspecified atom stereocenters. The standard InChI is InChI=1S/C28H34ClN3O6/c1-3-14-38-27(34)30-17-20(33)12-15-37-21-8-5-18(6-9-21)26-25-22(11-13-32(26)28(35)36-4-2)23-16-19(29)7-10-24(23)31-25/h5-10,16,20,26,31,33H,3-4,11-15,17H2,1-2H3,(H,30,34). The summed E-state index contributed by atoms with van der Waals surface area (Å²) in [7, 11) is 0. The Labute approximate surface area is 227 Å². The Morgan fingerprint density at radius 3 is 2.68 bits per heavy atom. The van der Waals surface area contributed by atoms with Gasteiger partial charge in [0.15, 0.2) is 0 Å². The molecule has 1 aliphatic rings. The van der Waals surface area contributed by atoms with Crippen LogP contribution in [0.4, 0.5) is 9.59 Å². The number of halogens is 1. The molecule has 1 aliphatic heterocycles. The van der Waals surface area contributed by atoms with Gasteiger partial charge >= 0.3 is 12.2 Å². The molecule has 0 aliphatic carbocycles. The van der Waals surface area contributed by atoms with Crippen LogP contribution in [0.25, 0.3) is 10.9 Å². The van der Waals surface area contributed by atoms with Crippen LogP contribution in [0.3, 0.4) is 0 Å². The third-order valence-corrected chi connectivity index (χ3v) is 6.66. The van der Waals surface area contributed by atoms with Crippen LogP contribution in [-0.2, 0) is 15.9 Å². The maximum Gasteiger partial charge on any atom is 0.410 e. The van der Waals surface area contributed by atoms with Gasteiger partial charge in [-0.2, -0.15) is 0 Å². The molecule has 9 nitrogen and oxygen atoms in total. The van der Waals surface area contributed by atoms with Gasteiger partial charge in [0.05, 0.1) is 25.9 Å². The number of hydrogen-bond acceptors (Lipinski definition) is 6. The molecule has 2 amide bonds. The first kappa shape index (κ1) is 27.6. The molecule has 204 valence electrons. The van der Waals surface area contributed by atoms with Gasteiger partial charge in [0.25, 0.3) is 0 Å². The van der Waals surface area contributed by atoms with E-state index < -0.39 is 12.2 Å². The van der Waals surface area contributed by atoms with Crippen LogP contribution in [0.2, 0.25) is 5.02 Å². The molecule has 10 heteroatoms. The van der Waals surface area contributed by atoms with E-state index in [4.69, 9.17) is 25.8 Å². The first-order chi connectivity index (χ1) is 18.4. The minimum atomic E-state index is -0.752. The molecule has 2 atom stereocenters. The SMILES string of the molecule is CCCOC(=O)NCC(O)CCOc1ccc(C2c3[nH]c4ccc(Cl)cc4c3CCN2C(=O)OCC)cc1. The van der Waals surface area contributed by atoms with Crippen LogP contribution >= 0.6 is 11.6 Å². The zero-order valence-corrected chi connectivity index (χ0v) is 22.4. The summed E-state index contributed by atoms with van der Waals surface area (Å²) in [5.74, 6) is 0.637. The summed E-state index contributed by atoms with van der Waals surface area (Å²) in [5.41, 5.74) is 3.98. The third kappa shape index (κ3) is 6.52. The molecular formula is C28H34ClN3O6. The minimum absolute atomic E-state index is 0.0915. The van der Waals surface area contributed by atoms with Gasteiger partial charge in [0.2, 0.25) is 0 Å². The normalized spacial score (nSPS) is 15.6. The Kier molecular flexibility index (Phi) is 9.36. The van der Waals surface area contributed by atoms with E-state index in [1.165, 1.54) is 0 Å². The van der Waals surface area contributed by atoms with Crippen molar-refractivity contribution >= 4 is 34.7 Å². The predicted molar refractivity (Wildman–Crippen MR) is 145 cm³/mol. The van der Waals surface area contributed by atoms with Gasteiger partial charge in [-0.15, -0.1) is 0 Å². The number of nitrogens with one attached hydrogen (secondary N) is 2.